The summed E-state index contributed by atoms with van der Waals surface area (Å²) in [6.07, 6.45) is 2.42. The predicted octanol–water partition coefficient (Wildman–Crippen LogP) is 1.49. The number of nitrogens with one attached hydrogen (secondary N) is 2. The van der Waals surface area contributed by atoms with Gasteiger partial charge in [0.1, 0.15) is 4.90 Å². The third-order valence-corrected chi connectivity index (χ3v) is 6.11. The van der Waals surface area contributed by atoms with E-state index in [4.69, 9.17) is 0 Å². The first-order chi connectivity index (χ1) is 10.1. The van der Waals surface area contributed by atoms with Crippen molar-refractivity contribution in [1.82, 2.24) is 9.62 Å². The zero-order valence-electron chi connectivity index (χ0n) is 12.4. The van der Waals surface area contributed by atoms with E-state index in [0.29, 0.717) is 23.4 Å². The van der Waals surface area contributed by atoms with Gasteiger partial charge in [0.05, 0.1) is 5.69 Å². The van der Waals surface area contributed by atoms with Crippen LogP contribution in [0.3, 0.4) is 0 Å². The minimum Gasteiger partial charge on any atom is -0.380 e. The molecule has 2 N–H and O–H groups in total. The van der Waals surface area contributed by atoms with Gasteiger partial charge < -0.3 is 10.2 Å². The van der Waals surface area contributed by atoms with Gasteiger partial charge in [-0.25, -0.2) is 13.1 Å². The minimum atomic E-state index is -3.43. The molecule has 0 spiro atoms. The van der Waals surface area contributed by atoms with E-state index in [-0.39, 0.29) is 0 Å². The summed E-state index contributed by atoms with van der Waals surface area (Å²) in [5.41, 5.74) is 0.720. The van der Waals surface area contributed by atoms with Gasteiger partial charge in [-0.15, -0.1) is 0 Å². The molecule has 3 aliphatic heterocycles. The highest BCUT2D eigenvalue weighted by atomic mass is 32.2. The molecule has 1 aromatic rings. The van der Waals surface area contributed by atoms with Crippen LogP contribution < -0.4 is 10.0 Å². The molecule has 0 aliphatic carbocycles. The lowest BCUT2D eigenvalue weighted by molar-refractivity contribution is 0.0974. The summed E-state index contributed by atoms with van der Waals surface area (Å²) in [6.45, 7) is 5.57. The fourth-order valence-electron chi connectivity index (χ4n) is 3.42. The SMILES string of the molecule is CCNS(=O)(=O)c1ccccc1NC1CN2CCC1CC2. The molecule has 3 fully saturated rings. The molecule has 1 atom stereocenters. The van der Waals surface area contributed by atoms with Gasteiger partial charge in [0.2, 0.25) is 10.0 Å². The van der Waals surface area contributed by atoms with Crippen LogP contribution in [-0.2, 0) is 10.0 Å². The van der Waals surface area contributed by atoms with Crippen molar-refractivity contribution < 1.29 is 8.42 Å². The van der Waals surface area contributed by atoms with Crippen LogP contribution in [0, 0.1) is 5.92 Å². The zero-order valence-corrected chi connectivity index (χ0v) is 13.2. The fraction of sp³-hybridized carbons (Fsp3) is 0.600. The fourth-order valence-corrected chi connectivity index (χ4v) is 4.63. The number of rotatable bonds is 5. The summed E-state index contributed by atoms with van der Waals surface area (Å²) in [5, 5.41) is 3.48. The third kappa shape index (κ3) is 3.07. The molecule has 0 amide bonds. The van der Waals surface area contributed by atoms with Gasteiger partial charge in [-0.05, 0) is 44.0 Å². The second-order valence-electron chi connectivity index (χ2n) is 5.89. The topological polar surface area (TPSA) is 61.4 Å². The highest BCUT2D eigenvalue weighted by Gasteiger charge is 2.34. The lowest BCUT2D eigenvalue weighted by Crippen LogP contribution is -2.53. The standard InChI is InChI=1S/C15H23N3O2S/c1-2-16-21(19,20)15-6-4-3-5-13(15)17-14-11-18-9-7-12(14)8-10-18/h3-6,12,14,16-17H,2,7-11H2,1H3. The summed E-state index contributed by atoms with van der Waals surface area (Å²) in [6, 6.07) is 7.54. The molecule has 0 saturated carbocycles. The number of sulfonamides is 1. The van der Waals surface area contributed by atoms with Crippen LogP contribution in [0.2, 0.25) is 0 Å². The molecule has 5 nitrogen and oxygen atoms in total. The molecule has 1 unspecified atom stereocenters. The molecule has 1 aromatic carbocycles. The summed E-state index contributed by atoms with van der Waals surface area (Å²) in [7, 11) is -3.43. The molecule has 3 heterocycles. The number of piperidine rings is 3. The Morgan fingerprint density at radius 1 is 1.24 bits per heavy atom. The zero-order chi connectivity index (χ0) is 14.9. The summed E-state index contributed by atoms with van der Waals surface area (Å²) in [5.74, 6) is 0.657. The Morgan fingerprint density at radius 3 is 2.57 bits per heavy atom. The smallest absolute Gasteiger partial charge is 0.242 e. The van der Waals surface area contributed by atoms with Crippen molar-refractivity contribution in [3.05, 3.63) is 24.3 Å². The maximum absolute atomic E-state index is 12.3. The second kappa shape index (κ2) is 5.94. The Morgan fingerprint density at radius 2 is 1.95 bits per heavy atom. The van der Waals surface area contributed by atoms with Gasteiger partial charge in [0.25, 0.3) is 0 Å². The van der Waals surface area contributed by atoms with Crippen molar-refractivity contribution in [2.75, 3.05) is 31.5 Å². The number of benzene rings is 1. The predicted molar refractivity (Wildman–Crippen MR) is 83.9 cm³/mol. The first-order valence-corrected chi connectivity index (χ1v) is 9.16. The van der Waals surface area contributed by atoms with Crippen molar-refractivity contribution in [1.29, 1.82) is 0 Å². The van der Waals surface area contributed by atoms with Gasteiger partial charge in [0.15, 0.2) is 0 Å². The average molecular weight is 309 g/mol. The highest BCUT2D eigenvalue weighted by molar-refractivity contribution is 7.89. The molecule has 3 saturated heterocycles. The largest absolute Gasteiger partial charge is 0.380 e. The van der Waals surface area contributed by atoms with Crippen LogP contribution in [0.25, 0.3) is 0 Å². The molecule has 0 radical (unpaired) electrons. The van der Waals surface area contributed by atoms with Gasteiger partial charge in [0, 0.05) is 19.1 Å². The van der Waals surface area contributed by atoms with E-state index in [1.54, 1.807) is 19.1 Å². The average Bonchev–Trinajstić information content (AvgIpc) is 2.49. The lowest BCUT2D eigenvalue weighted by Gasteiger charge is -2.45. The molecule has 21 heavy (non-hydrogen) atoms. The van der Waals surface area contributed by atoms with E-state index >= 15 is 0 Å². The number of hydrogen-bond donors (Lipinski definition) is 2. The van der Waals surface area contributed by atoms with Crippen LogP contribution in [-0.4, -0.2) is 45.5 Å². The summed E-state index contributed by atoms with van der Waals surface area (Å²) >= 11 is 0. The number of para-hydroxylation sites is 1. The van der Waals surface area contributed by atoms with Crippen LogP contribution in [0.4, 0.5) is 5.69 Å². The summed E-state index contributed by atoms with van der Waals surface area (Å²) in [4.78, 5) is 2.81. The lowest BCUT2D eigenvalue weighted by atomic mass is 9.84. The molecular weight excluding hydrogens is 286 g/mol. The van der Waals surface area contributed by atoms with Crippen LogP contribution in [0.5, 0.6) is 0 Å². The van der Waals surface area contributed by atoms with Crippen molar-refractivity contribution in [2.24, 2.45) is 5.92 Å². The van der Waals surface area contributed by atoms with E-state index < -0.39 is 10.0 Å². The van der Waals surface area contributed by atoms with E-state index in [1.807, 2.05) is 12.1 Å². The molecule has 116 valence electrons. The van der Waals surface area contributed by atoms with E-state index in [9.17, 15) is 8.42 Å². The van der Waals surface area contributed by atoms with Gasteiger partial charge >= 0.3 is 0 Å². The van der Waals surface area contributed by atoms with Gasteiger partial charge in [-0.1, -0.05) is 19.1 Å². The molecule has 0 aromatic heterocycles. The molecule has 6 heteroatoms. The Balaban J connectivity index is 1.83. The van der Waals surface area contributed by atoms with Crippen molar-refractivity contribution >= 4 is 15.7 Å². The van der Waals surface area contributed by atoms with Crippen molar-refractivity contribution in [2.45, 2.75) is 30.7 Å². The van der Waals surface area contributed by atoms with Crippen LogP contribution in [0.1, 0.15) is 19.8 Å². The third-order valence-electron chi connectivity index (χ3n) is 4.51. The Bertz CT molecular complexity index is 595. The second-order valence-corrected chi connectivity index (χ2v) is 7.62. The van der Waals surface area contributed by atoms with E-state index in [2.05, 4.69) is 14.9 Å². The van der Waals surface area contributed by atoms with Crippen LogP contribution >= 0.6 is 0 Å². The molecular formula is C15H23N3O2S. The maximum atomic E-state index is 12.3. The monoisotopic (exact) mass is 309 g/mol. The highest BCUT2D eigenvalue weighted by Crippen LogP contribution is 2.31. The van der Waals surface area contributed by atoms with E-state index in [0.717, 1.165) is 12.2 Å². The van der Waals surface area contributed by atoms with Gasteiger partial charge in [-0.3, -0.25) is 0 Å². The Kier molecular flexibility index (Phi) is 4.19. The van der Waals surface area contributed by atoms with Crippen LogP contribution in [0.15, 0.2) is 29.2 Å². The number of anilines is 1. The first-order valence-electron chi connectivity index (χ1n) is 7.68. The molecule has 4 rings (SSSR count). The maximum Gasteiger partial charge on any atom is 0.242 e. The van der Waals surface area contributed by atoms with E-state index in [1.165, 1.54) is 25.9 Å². The minimum absolute atomic E-state index is 0.350. The number of hydrogen-bond acceptors (Lipinski definition) is 4. The summed E-state index contributed by atoms with van der Waals surface area (Å²) < 4.78 is 27.2. The van der Waals surface area contributed by atoms with Crippen molar-refractivity contribution in [3.8, 4) is 0 Å². The first kappa shape index (κ1) is 14.8. The Labute approximate surface area is 126 Å². The molecule has 3 aliphatic rings. The number of fused-ring (bicyclic) bond motifs is 3. The number of nitrogens with zero attached hydrogens (tertiary/aromatic N) is 1. The van der Waals surface area contributed by atoms with Gasteiger partial charge in [-0.2, -0.15) is 0 Å². The molecule has 2 bridgehead atoms. The quantitative estimate of drug-likeness (QED) is 0.865. The van der Waals surface area contributed by atoms with Crippen molar-refractivity contribution in [3.63, 3.8) is 0 Å². The Hall–Kier alpha value is -1.11. The normalized spacial score (nSPS) is 28.5.